The molecule has 2 heterocycles. The van der Waals surface area contributed by atoms with Crippen LogP contribution in [0.5, 0.6) is 0 Å². The first-order valence-corrected chi connectivity index (χ1v) is 9.40. The molecule has 1 aliphatic heterocycles. The van der Waals surface area contributed by atoms with Gasteiger partial charge in [0.2, 0.25) is 11.8 Å². The van der Waals surface area contributed by atoms with Gasteiger partial charge in [-0.15, -0.1) is 10.2 Å². The van der Waals surface area contributed by atoms with Crippen LogP contribution in [0.1, 0.15) is 68.4 Å². The van der Waals surface area contributed by atoms with Gasteiger partial charge in [0.05, 0.1) is 18.1 Å². The Hall–Kier alpha value is -1.72. The summed E-state index contributed by atoms with van der Waals surface area (Å²) in [6.07, 6.45) is 6.06. The number of nitrogens with zero attached hydrogens (tertiary/aromatic N) is 2. The maximum Gasteiger partial charge on any atom is 0.242 e. The highest BCUT2D eigenvalue weighted by Crippen LogP contribution is 2.41. The lowest BCUT2D eigenvalue weighted by molar-refractivity contribution is -0.00522. The minimum Gasteiger partial charge on any atom is -0.422 e. The fourth-order valence-electron chi connectivity index (χ4n) is 4.01. The van der Waals surface area contributed by atoms with Crippen LogP contribution in [0, 0.1) is 5.92 Å². The third-order valence-corrected chi connectivity index (χ3v) is 5.35. The Morgan fingerprint density at radius 1 is 1.12 bits per heavy atom. The van der Waals surface area contributed by atoms with E-state index in [0.29, 0.717) is 24.5 Å². The molecule has 4 rings (SSSR count). The van der Waals surface area contributed by atoms with Crippen LogP contribution < -0.4 is 0 Å². The molecule has 2 aromatic rings. The van der Waals surface area contributed by atoms with Gasteiger partial charge in [-0.1, -0.05) is 50.1 Å². The molecule has 5 nitrogen and oxygen atoms in total. The second-order valence-corrected chi connectivity index (χ2v) is 7.34. The first-order valence-electron chi connectivity index (χ1n) is 9.40. The average molecular weight is 342 g/mol. The van der Waals surface area contributed by atoms with Gasteiger partial charge in [-0.3, -0.25) is 0 Å². The molecule has 4 atom stereocenters. The van der Waals surface area contributed by atoms with Crippen LogP contribution in [0.4, 0.5) is 0 Å². The van der Waals surface area contributed by atoms with Crippen LogP contribution >= 0.6 is 0 Å². The SMILES string of the molecule is C[C@@H]1CCC[C@H](OCc2nnc([C@H]3CCO[C@@H]3c3ccccc3)o2)C1. The summed E-state index contributed by atoms with van der Waals surface area (Å²) in [5, 5.41) is 8.47. The fourth-order valence-corrected chi connectivity index (χ4v) is 4.01. The molecule has 0 spiro atoms. The van der Waals surface area contributed by atoms with Crippen molar-refractivity contribution in [2.75, 3.05) is 6.61 Å². The molecule has 1 saturated heterocycles. The van der Waals surface area contributed by atoms with E-state index >= 15 is 0 Å². The number of benzene rings is 1. The quantitative estimate of drug-likeness (QED) is 0.805. The van der Waals surface area contributed by atoms with Crippen molar-refractivity contribution in [1.82, 2.24) is 10.2 Å². The van der Waals surface area contributed by atoms with Crippen LogP contribution in [0.25, 0.3) is 0 Å². The second kappa shape index (κ2) is 7.67. The van der Waals surface area contributed by atoms with Gasteiger partial charge < -0.3 is 13.9 Å². The first-order chi connectivity index (χ1) is 12.3. The van der Waals surface area contributed by atoms with Crippen molar-refractivity contribution in [3.8, 4) is 0 Å². The highest BCUT2D eigenvalue weighted by molar-refractivity contribution is 5.21. The molecule has 134 valence electrons. The van der Waals surface area contributed by atoms with E-state index in [1.54, 1.807) is 0 Å². The van der Waals surface area contributed by atoms with Crippen molar-refractivity contribution in [2.24, 2.45) is 5.92 Å². The van der Waals surface area contributed by atoms with Gasteiger partial charge in [-0.05, 0) is 30.7 Å². The summed E-state index contributed by atoms with van der Waals surface area (Å²) in [4.78, 5) is 0. The number of aromatic nitrogens is 2. The molecule has 2 fully saturated rings. The molecule has 0 N–H and O–H groups in total. The van der Waals surface area contributed by atoms with Gasteiger partial charge in [0.15, 0.2) is 0 Å². The first kappa shape index (κ1) is 16.7. The molecule has 2 aliphatic rings. The van der Waals surface area contributed by atoms with E-state index in [0.717, 1.165) is 37.4 Å². The minimum absolute atomic E-state index is 0.00499. The van der Waals surface area contributed by atoms with Crippen LogP contribution in [0.2, 0.25) is 0 Å². The van der Waals surface area contributed by atoms with E-state index in [1.165, 1.54) is 12.8 Å². The number of ether oxygens (including phenoxy) is 2. The summed E-state index contributed by atoms with van der Waals surface area (Å²) in [5.74, 6) is 2.12. The zero-order valence-corrected chi connectivity index (χ0v) is 14.8. The van der Waals surface area contributed by atoms with E-state index in [4.69, 9.17) is 13.9 Å². The second-order valence-electron chi connectivity index (χ2n) is 7.34. The molecule has 25 heavy (non-hydrogen) atoms. The average Bonchev–Trinajstić information content (AvgIpc) is 3.30. The van der Waals surface area contributed by atoms with Crippen molar-refractivity contribution >= 4 is 0 Å². The highest BCUT2D eigenvalue weighted by atomic mass is 16.5. The smallest absolute Gasteiger partial charge is 0.242 e. The Balaban J connectivity index is 1.39. The van der Waals surface area contributed by atoms with Gasteiger partial charge >= 0.3 is 0 Å². The molecule has 0 bridgehead atoms. The molecule has 5 heteroatoms. The molecule has 0 radical (unpaired) electrons. The van der Waals surface area contributed by atoms with Crippen molar-refractivity contribution in [2.45, 2.75) is 63.8 Å². The van der Waals surface area contributed by atoms with Crippen LogP contribution in [-0.4, -0.2) is 22.9 Å². The summed E-state index contributed by atoms with van der Waals surface area (Å²) < 4.78 is 17.8. The lowest BCUT2D eigenvalue weighted by Gasteiger charge is -2.26. The molecule has 1 aliphatic carbocycles. The normalized spacial score (nSPS) is 29.8. The third kappa shape index (κ3) is 3.93. The van der Waals surface area contributed by atoms with Gasteiger partial charge in [0.1, 0.15) is 6.61 Å². The van der Waals surface area contributed by atoms with Gasteiger partial charge in [0, 0.05) is 6.61 Å². The summed E-state index contributed by atoms with van der Waals surface area (Å²) in [7, 11) is 0. The van der Waals surface area contributed by atoms with Crippen LogP contribution in [-0.2, 0) is 16.1 Å². The zero-order valence-electron chi connectivity index (χ0n) is 14.8. The maximum absolute atomic E-state index is 6.00. The van der Waals surface area contributed by atoms with Crippen molar-refractivity contribution in [3.63, 3.8) is 0 Å². The summed E-state index contributed by atoms with van der Waals surface area (Å²) in [6.45, 7) is 3.43. The van der Waals surface area contributed by atoms with E-state index < -0.39 is 0 Å². The van der Waals surface area contributed by atoms with E-state index in [9.17, 15) is 0 Å². The number of hydrogen-bond donors (Lipinski definition) is 0. The Bertz CT molecular complexity index is 673. The molecule has 1 saturated carbocycles. The predicted molar refractivity (Wildman–Crippen MR) is 93.0 cm³/mol. The minimum atomic E-state index is -0.00499. The lowest BCUT2D eigenvalue weighted by atomic mass is 9.89. The summed E-state index contributed by atoms with van der Waals surface area (Å²) in [6, 6.07) is 10.3. The van der Waals surface area contributed by atoms with Crippen molar-refractivity contribution in [3.05, 3.63) is 47.7 Å². The molecular weight excluding hydrogens is 316 g/mol. The fraction of sp³-hybridized carbons (Fsp3) is 0.600. The van der Waals surface area contributed by atoms with Crippen molar-refractivity contribution < 1.29 is 13.9 Å². The zero-order chi connectivity index (χ0) is 17.1. The Morgan fingerprint density at radius 3 is 2.84 bits per heavy atom. The molecule has 1 aromatic carbocycles. The largest absolute Gasteiger partial charge is 0.422 e. The van der Waals surface area contributed by atoms with Gasteiger partial charge in [-0.2, -0.15) is 0 Å². The van der Waals surface area contributed by atoms with Crippen LogP contribution in [0.15, 0.2) is 34.7 Å². The van der Waals surface area contributed by atoms with Gasteiger partial charge in [-0.25, -0.2) is 0 Å². The molecular formula is C20H26N2O3. The Morgan fingerprint density at radius 2 is 2.00 bits per heavy atom. The molecule has 0 unspecified atom stereocenters. The van der Waals surface area contributed by atoms with Gasteiger partial charge in [0.25, 0.3) is 0 Å². The highest BCUT2D eigenvalue weighted by Gasteiger charge is 2.35. The van der Waals surface area contributed by atoms with E-state index in [2.05, 4.69) is 29.3 Å². The third-order valence-electron chi connectivity index (χ3n) is 5.35. The molecule has 1 aromatic heterocycles. The van der Waals surface area contributed by atoms with E-state index in [-0.39, 0.29) is 12.0 Å². The Kier molecular flexibility index (Phi) is 5.13. The number of rotatable bonds is 5. The predicted octanol–water partition coefficient (Wildman–Crippen LogP) is 4.41. The standard InChI is InChI=1S/C20H26N2O3/c1-14-6-5-9-16(12-14)24-13-18-21-22-20(25-18)17-10-11-23-19(17)15-7-3-2-4-8-15/h2-4,7-8,14,16-17,19H,5-6,9-13H2,1H3/t14-,16+,17+,19-/m1/s1. The topological polar surface area (TPSA) is 57.4 Å². The number of hydrogen-bond acceptors (Lipinski definition) is 5. The summed E-state index contributed by atoms with van der Waals surface area (Å²) in [5.41, 5.74) is 1.16. The summed E-state index contributed by atoms with van der Waals surface area (Å²) >= 11 is 0. The maximum atomic E-state index is 6.00. The molecule has 0 amide bonds. The monoisotopic (exact) mass is 342 g/mol. The lowest BCUT2D eigenvalue weighted by Crippen LogP contribution is -2.21. The van der Waals surface area contributed by atoms with E-state index in [1.807, 2.05) is 18.2 Å². The van der Waals surface area contributed by atoms with Crippen LogP contribution in [0.3, 0.4) is 0 Å². The Labute approximate surface area is 148 Å². The van der Waals surface area contributed by atoms with Crippen molar-refractivity contribution in [1.29, 1.82) is 0 Å².